The molecule has 0 saturated carbocycles. The van der Waals surface area contributed by atoms with Gasteiger partial charge in [-0.1, -0.05) is 24.3 Å². The van der Waals surface area contributed by atoms with Crippen molar-refractivity contribution in [3.63, 3.8) is 0 Å². The zero-order valence-electron chi connectivity index (χ0n) is 13.4. The Hall–Kier alpha value is -2.30. The second-order valence-electron chi connectivity index (χ2n) is 6.21. The molecule has 1 amide bonds. The van der Waals surface area contributed by atoms with Crippen molar-refractivity contribution in [1.29, 1.82) is 0 Å². The maximum absolute atomic E-state index is 12.4. The first-order chi connectivity index (χ1) is 11.1. The lowest BCUT2D eigenvalue weighted by atomic mass is 9.88. The number of carbonyl (C=O) groups excluding carboxylic acids is 1. The highest BCUT2D eigenvalue weighted by Gasteiger charge is 2.25. The van der Waals surface area contributed by atoms with E-state index in [4.69, 9.17) is 4.52 Å². The van der Waals surface area contributed by atoms with Crippen LogP contribution in [0.25, 0.3) is 0 Å². The number of nitrogens with zero attached hydrogens (tertiary/aromatic N) is 1. The molecule has 2 aromatic rings. The smallest absolute Gasteiger partial charge is 0.280 e. The number of aromatic nitrogens is 1. The largest absolute Gasteiger partial charge is 0.384 e. The van der Waals surface area contributed by atoms with E-state index in [1.807, 2.05) is 4.90 Å². The number of H-pyrrole nitrogens is 1. The molecule has 1 saturated heterocycles. The van der Waals surface area contributed by atoms with Gasteiger partial charge in [-0.05, 0) is 30.9 Å². The number of rotatable bonds is 4. The van der Waals surface area contributed by atoms with E-state index >= 15 is 0 Å². The van der Waals surface area contributed by atoms with Gasteiger partial charge in [0.2, 0.25) is 5.91 Å². The van der Waals surface area contributed by atoms with Gasteiger partial charge in [-0.15, -0.1) is 0 Å². The lowest BCUT2D eigenvalue weighted by molar-refractivity contribution is -0.132. The summed E-state index contributed by atoms with van der Waals surface area (Å²) in [6, 6.07) is 9.82. The number of benzene rings is 1. The first kappa shape index (κ1) is 15.6. The Kier molecular flexibility index (Phi) is 4.65. The molecule has 122 valence electrons. The van der Waals surface area contributed by atoms with Crippen LogP contribution in [0.15, 0.2) is 39.6 Å². The van der Waals surface area contributed by atoms with Crippen LogP contribution in [0.1, 0.15) is 42.1 Å². The van der Waals surface area contributed by atoms with Crippen LogP contribution < -0.4 is 5.56 Å². The average molecular weight is 314 g/mol. The topological polar surface area (TPSA) is 66.3 Å². The van der Waals surface area contributed by atoms with Gasteiger partial charge in [-0.25, -0.2) is 0 Å². The molecule has 5 heteroatoms. The Morgan fingerprint density at radius 2 is 2.22 bits per heavy atom. The summed E-state index contributed by atoms with van der Waals surface area (Å²) in [7, 11) is 0. The minimum atomic E-state index is -0.259. The molecule has 1 aromatic heterocycles. The number of hydrogen-bond donors (Lipinski definition) is 1. The number of nitrogens with one attached hydrogen (secondary N) is 1. The molecule has 0 spiro atoms. The van der Waals surface area contributed by atoms with E-state index in [1.54, 1.807) is 0 Å². The molecule has 1 unspecified atom stereocenters. The van der Waals surface area contributed by atoms with Crippen molar-refractivity contribution in [3.05, 3.63) is 57.6 Å². The van der Waals surface area contributed by atoms with Gasteiger partial charge < -0.3 is 9.42 Å². The number of aromatic amines is 1. The minimum Gasteiger partial charge on any atom is -0.384 e. The van der Waals surface area contributed by atoms with Crippen molar-refractivity contribution in [3.8, 4) is 0 Å². The molecule has 5 nitrogen and oxygen atoms in total. The normalized spacial score (nSPS) is 18.1. The zero-order chi connectivity index (χ0) is 16.2. The molecule has 1 aliphatic heterocycles. The first-order valence-electron chi connectivity index (χ1n) is 8.14. The fraction of sp³-hybridized carbons (Fsp3) is 0.444. The van der Waals surface area contributed by atoms with E-state index < -0.39 is 0 Å². The summed E-state index contributed by atoms with van der Waals surface area (Å²) in [6.07, 6.45) is 3.00. The van der Waals surface area contributed by atoms with E-state index in [2.05, 4.69) is 36.3 Å². The van der Waals surface area contributed by atoms with Gasteiger partial charge in [0.25, 0.3) is 5.56 Å². The Morgan fingerprint density at radius 3 is 2.96 bits per heavy atom. The van der Waals surface area contributed by atoms with E-state index in [9.17, 15) is 9.59 Å². The predicted octanol–water partition coefficient (Wildman–Crippen LogP) is 2.62. The Bertz CT molecular complexity index is 732. The predicted molar refractivity (Wildman–Crippen MR) is 87.4 cm³/mol. The fourth-order valence-corrected chi connectivity index (χ4v) is 3.33. The molecule has 1 N–H and O–H groups in total. The molecule has 0 bridgehead atoms. The summed E-state index contributed by atoms with van der Waals surface area (Å²) in [4.78, 5) is 25.4. The number of carbonyl (C=O) groups is 1. The summed E-state index contributed by atoms with van der Waals surface area (Å²) >= 11 is 0. The van der Waals surface area contributed by atoms with Crippen LogP contribution in [0.3, 0.4) is 0 Å². The summed E-state index contributed by atoms with van der Waals surface area (Å²) in [5, 5.41) is 2.25. The van der Waals surface area contributed by atoms with Crippen LogP contribution in [0, 0.1) is 6.92 Å². The van der Waals surface area contributed by atoms with E-state index in [0.717, 1.165) is 25.9 Å². The van der Waals surface area contributed by atoms with Crippen LogP contribution >= 0.6 is 0 Å². The first-order valence-corrected chi connectivity index (χ1v) is 8.14. The van der Waals surface area contributed by atoms with Gasteiger partial charge in [-0.2, -0.15) is 5.16 Å². The van der Waals surface area contributed by atoms with Crippen molar-refractivity contribution >= 4 is 5.91 Å². The van der Waals surface area contributed by atoms with E-state index in [1.165, 1.54) is 17.2 Å². The highest BCUT2D eigenvalue weighted by atomic mass is 16.5. The second kappa shape index (κ2) is 6.86. The van der Waals surface area contributed by atoms with Gasteiger partial charge in [0, 0.05) is 37.9 Å². The molecule has 23 heavy (non-hydrogen) atoms. The Balaban J connectivity index is 1.60. The quantitative estimate of drug-likeness (QED) is 0.943. The Morgan fingerprint density at radius 1 is 1.39 bits per heavy atom. The van der Waals surface area contributed by atoms with Crippen LogP contribution in [-0.4, -0.2) is 29.1 Å². The van der Waals surface area contributed by atoms with Gasteiger partial charge in [0.05, 0.1) is 0 Å². The SMILES string of the molecule is Cc1ccccc1C1CCCN(C(=O)CCc2cc(=O)[nH]o2)C1. The molecule has 3 rings (SSSR count). The molecular weight excluding hydrogens is 292 g/mol. The maximum Gasteiger partial charge on any atom is 0.280 e. The molecular formula is C18H22N2O3. The van der Waals surface area contributed by atoms with Crippen LogP contribution in [-0.2, 0) is 11.2 Å². The molecule has 1 atom stereocenters. The van der Waals surface area contributed by atoms with Gasteiger partial charge >= 0.3 is 0 Å². The maximum atomic E-state index is 12.4. The van der Waals surface area contributed by atoms with Crippen molar-refractivity contribution in [2.45, 2.75) is 38.5 Å². The van der Waals surface area contributed by atoms with Crippen molar-refractivity contribution in [2.24, 2.45) is 0 Å². The zero-order valence-corrected chi connectivity index (χ0v) is 13.4. The van der Waals surface area contributed by atoms with E-state index in [-0.39, 0.29) is 11.5 Å². The third-order valence-corrected chi connectivity index (χ3v) is 4.56. The Labute approximate surface area is 135 Å². The molecule has 0 aliphatic carbocycles. The summed E-state index contributed by atoms with van der Waals surface area (Å²) < 4.78 is 5.00. The van der Waals surface area contributed by atoms with Crippen LogP contribution in [0.4, 0.5) is 0 Å². The van der Waals surface area contributed by atoms with Crippen molar-refractivity contribution < 1.29 is 9.32 Å². The van der Waals surface area contributed by atoms with Gasteiger partial charge in [-0.3, -0.25) is 9.59 Å². The van der Waals surface area contributed by atoms with Crippen LogP contribution in [0.2, 0.25) is 0 Å². The van der Waals surface area contributed by atoms with Crippen molar-refractivity contribution in [2.75, 3.05) is 13.1 Å². The molecule has 1 aromatic carbocycles. The van der Waals surface area contributed by atoms with Gasteiger partial charge in [0.1, 0.15) is 5.76 Å². The summed E-state index contributed by atoms with van der Waals surface area (Å²) in [6.45, 7) is 3.73. The lowest BCUT2D eigenvalue weighted by Crippen LogP contribution is -2.39. The monoisotopic (exact) mass is 314 g/mol. The molecule has 2 heterocycles. The third kappa shape index (κ3) is 3.73. The minimum absolute atomic E-state index is 0.132. The van der Waals surface area contributed by atoms with Crippen LogP contribution in [0.5, 0.6) is 0 Å². The standard InChI is InChI=1S/C18H22N2O3/c1-13-5-2-3-7-16(13)14-6-4-10-20(12-14)18(22)9-8-15-11-17(21)19-23-15/h2-3,5,7,11,14H,4,6,8-10,12H2,1H3,(H,19,21). The number of amides is 1. The third-order valence-electron chi connectivity index (χ3n) is 4.56. The number of piperidine rings is 1. The molecule has 1 fully saturated rings. The average Bonchev–Trinajstić information content (AvgIpc) is 2.98. The fourth-order valence-electron chi connectivity index (χ4n) is 3.33. The number of hydrogen-bond acceptors (Lipinski definition) is 3. The molecule has 0 radical (unpaired) electrons. The summed E-state index contributed by atoms with van der Waals surface area (Å²) in [5.41, 5.74) is 2.38. The van der Waals surface area contributed by atoms with Crippen molar-refractivity contribution in [1.82, 2.24) is 10.1 Å². The van der Waals surface area contributed by atoms with E-state index in [0.29, 0.717) is 24.5 Å². The highest BCUT2D eigenvalue weighted by Crippen LogP contribution is 2.29. The lowest BCUT2D eigenvalue weighted by Gasteiger charge is -2.33. The second-order valence-corrected chi connectivity index (χ2v) is 6.21. The number of likely N-dealkylation sites (tertiary alicyclic amines) is 1. The number of aryl methyl sites for hydroxylation is 2. The van der Waals surface area contributed by atoms with Gasteiger partial charge in [0.15, 0.2) is 0 Å². The summed E-state index contributed by atoms with van der Waals surface area (Å²) in [5.74, 6) is 1.09. The highest BCUT2D eigenvalue weighted by molar-refractivity contribution is 5.76. The molecule has 1 aliphatic rings.